The Hall–Kier alpha value is -3.20. The molecule has 1 aliphatic rings. The molecule has 0 spiro atoms. The van der Waals surface area contributed by atoms with E-state index in [1.54, 1.807) is 17.5 Å². The number of urea groups is 1. The number of thiazole rings is 1. The first-order chi connectivity index (χ1) is 14.2. The third-order valence-electron chi connectivity index (χ3n) is 4.71. The molecule has 0 aliphatic carbocycles. The Labute approximate surface area is 172 Å². The lowest BCUT2D eigenvalue weighted by Gasteiger charge is -2.34. The summed E-state index contributed by atoms with van der Waals surface area (Å²) >= 11 is 1.58. The highest BCUT2D eigenvalue weighted by Crippen LogP contribution is 2.27. The Kier molecular flexibility index (Phi) is 5.85. The standard InChI is InChI=1S/C20H22N6O2S/c27-17(8-10-22-19(28)23-15-5-2-1-3-6-15)25-11-13-26(14-12-25)20-24-16-7-4-9-21-18(16)29-20/h1-7,9H,8,10-14H2,(H2,22,23,28). The number of aromatic nitrogens is 2. The second kappa shape index (κ2) is 8.87. The first kappa shape index (κ1) is 19.1. The van der Waals surface area contributed by atoms with Gasteiger partial charge in [-0.05, 0) is 24.3 Å². The fourth-order valence-electron chi connectivity index (χ4n) is 3.18. The van der Waals surface area contributed by atoms with Crippen molar-refractivity contribution >= 4 is 44.4 Å². The summed E-state index contributed by atoms with van der Waals surface area (Å²) in [6.45, 7) is 3.10. The third-order valence-corrected chi connectivity index (χ3v) is 5.75. The van der Waals surface area contributed by atoms with Crippen LogP contribution < -0.4 is 15.5 Å². The summed E-state index contributed by atoms with van der Waals surface area (Å²) in [5.74, 6) is 0.0515. The molecule has 4 rings (SSSR count). The van der Waals surface area contributed by atoms with E-state index in [0.29, 0.717) is 19.6 Å². The van der Waals surface area contributed by atoms with Crippen molar-refractivity contribution in [1.82, 2.24) is 20.2 Å². The second-order valence-electron chi connectivity index (χ2n) is 6.69. The molecule has 3 amide bonds. The highest BCUT2D eigenvalue weighted by molar-refractivity contribution is 7.21. The number of carbonyl (C=O) groups is 2. The number of pyridine rings is 1. The topological polar surface area (TPSA) is 90.5 Å². The minimum Gasteiger partial charge on any atom is -0.344 e. The van der Waals surface area contributed by atoms with Crippen molar-refractivity contribution in [2.45, 2.75) is 6.42 Å². The maximum atomic E-state index is 12.4. The number of hydrogen-bond donors (Lipinski definition) is 2. The highest BCUT2D eigenvalue weighted by atomic mass is 32.1. The molecule has 0 bridgehead atoms. The number of anilines is 2. The lowest BCUT2D eigenvalue weighted by Crippen LogP contribution is -2.49. The molecule has 8 nitrogen and oxygen atoms in total. The summed E-state index contributed by atoms with van der Waals surface area (Å²) in [5, 5.41) is 6.41. The third kappa shape index (κ3) is 4.80. The van der Waals surface area contributed by atoms with Crippen LogP contribution in [0.1, 0.15) is 6.42 Å². The Balaban J connectivity index is 1.20. The molecule has 3 heterocycles. The van der Waals surface area contributed by atoms with Gasteiger partial charge >= 0.3 is 6.03 Å². The van der Waals surface area contributed by atoms with Crippen molar-refractivity contribution in [3.8, 4) is 0 Å². The molecule has 29 heavy (non-hydrogen) atoms. The van der Waals surface area contributed by atoms with Gasteiger partial charge in [0.15, 0.2) is 5.13 Å². The van der Waals surface area contributed by atoms with E-state index in [0.717, 1.165) is 34.3 Å². The summed E-state index contributed by atoms with van der Waals surface area (Å²) in [6, 6.07) is 12.7. The monoisotopic (exact) mass is 410 g/mol. The molecule has 0 radical (unpaired) electrons. The number of piperazine rings is 1. The number of nitrogens with one attached hydrogen (secondary N) is 2. The quantitative estimate of drug-likeness (QED) is 0.675. The minimum atomic E-state index is -0.307. The van der Waals surface area contributed by atoms with Gasteiger partial charge in [-0.3, -0.25) is 4.79 Å². The van der Waals surface area contributed by atoms with Gasteiger partial charge in [-0.15, -0.1) is 0 Å². The molecular formula is C20H22N6O2S. The molecule has 150 valence electrons. The smallest absolute Gasteiger partial charge is 0.319 e. The van der Waals surface area contributed by atoms with E-state index in [4.69, 9.17) is 0 Å². The summed E-state index contributed by atoms with van der Waals surface area (Å²) in [7, 11) is 0. The number of fused-ring (bicyclic) bond motifs is 1. The normalized spacial score (nSPS) is 14.1. The number of hydrogen-bond acceptors (Lipinski definition) is 6. The van der Waals surface area contributed by atoms with Crippen LogP contribution in [0, 0.1) is 0 Å². The average Bonchev–Trinajstić information content (AvgIpc) is 3.19. The number of amides is 3. The Morgan fingerprint density at radius 2 is 1.83 bits per heavy atom. The van der Waals surface area contributed by atoms with Crippen LogP contribution in [0.15, 0.2) is 48.7 Å². The molecular weight excluding hydrogens is 388 g/mol. The molecule has 0 saturated carbocycles. The largest absolute Gasteiger partial charge is 0.344 e. The van der Waals surface area contributed by atoms with Crippen LogP contribution in [0.25, 0.3) is 10.3 Å². The maximum Gasteiger partial charge on any atom is 0.319 e. The lowest BCUT2D eigenvalue weighted by atomic mass is 10.3. The Morgan fingerprint density at radius 3 is 2.59 bits per heavy atom. The van der Waals surface area contributed by atoms with E-state index in [1.165, 1.54) is 0 Å². The number of carbonyl (C=O) groups excluding carboxylic acids is 2. The van der Waals surface area contributed by atoms with E-state index >= 15 is 0 Å². The van der Waals surface area contributed by atoms with E-state index in [1.807, 2.05) is 47.4 Å². The highest BCUT2D eigenvalue weighted by Gasteiger charge is 2.23. The molecule has 0 unspecified atom stereocenters. The van der Waals surface area contributed by atoms with Crippen LogP contribution in [0.2, 0.25) is 0 Å². The lowest BCUT2D eigenvalue weighted by molar-refractivity contribution is -0.131. The molecule has 1 fully saturated rings. The minimum absolute atomic E-state index is 0.0515. The first-order valence-corrected chi connectivity index (χ1v) is 10.3. The van der Waals surface area contributed by atoms with Crippen molar-refractivity contribution in [1.29, 1.82) is 0 Å². The van der Waals surface area contributed by atoms with Crippen LogP contribution in [0.5, 0.6) is 0 Å². The molecule has 1 aromatic carbocycles. The molecule has 2 aromatic heterocycles. The van der Waals surface area contributed by atoms with Gasteiger partial charge in [0.05, 0.1) is 0 Å². The van der Waals surface area contributed by atoms with Gasteiger partial charge in [-0.1, -0.05) is 29.5 Å². The van der Waals surface area contributed by atoms with E-state index in [9.17, 15) is 9.59 Å². The summed E-state index contributed by atoms with van der Waals surface area (Å²) in [4.78, 5) is 38.3. The molecule has 1 aliphatic heterocycles. The fraction of sp³-hybridized carbons (Fsp3) is 0.300. The van der Waals surface area contributed by atoms with Gasteiger partial charge in [0.25, 0.3) is 0 Å². The van der Waals surface area contributed by atoms with Crippen molar-refractivity contribution in [3.63, 3.8) is 0 Å². The average molecular weight is 411 g/mol. The molecule has 0 atom stereocenters. The predicted octanol–water partition coefficient (Wildman–Crippen LogP) is 2.55. The number of rotatable bonds is 5. The van der Waals surface area contributed by atoms with Gasteiger partial charge in [-0.25, -0.2) is 14.8 Å². The van der Waals surface area contributed by atoms with Gasteiger partial charge < -0.3 is 20.4 Å². The Bertz CT molecular complexity index is 952. The zero-order valence-corrected chi connectivity index (χ0v) is 16.7. The van der Waals surface area contributed by atoms with Gasteiger partial charge in [-0.2, -0.15) is 0 Å². The van der Waals surface area contributed by atoms with Crippen molar-refractivity contribution in [3.05, 3.63) is 48.7 Å². The zero-order valence-electron chi connectivity index (χ0n) is 15.9. The van der Waals surface area contributed by atoms with Crippen molar-refractivity contribution in [2.24, 2.45) is 0 Å². The number of benzene rings is 1. The maximum absolute atomic E-state index is 12.4. The van der Waals surface area contributed by atoms with Crippen LogP contribution in [-0.2, 0) is 4.79 Å². The first-order valence-electron chi connectivity index (χ1n) is 9.53. The van der Waals surface area contributed by atoms with Crippen molar-refractivity contribution < 1.29 is 9.59 Å². The van der Waals surface area contributed by atoms with Crippen LogP contribution in [0.4, 0.5) is 15.6 Å². The summed E-state index contributed by atoms with van der Waals surface area (Å²) in [5.41, 5.74) is 1.63. The van der Waals surface area contributed by atoms with Gasteiger partial charge in [0.1, 0.15) is 10.3 Å². The summed E-state index contributed by atoms with van der Waals surface area (Å²) in [6.07, 6.45) is 2.06. The van der Waals surface area contributed by atoms with E-state index in [-0.39, 0.29) is 18.4 Å². The number of nitrogens with zero attached hydrogens (tertiary/aromatic N) is 4. The molecule has 1 saturated heterocycles. The van der Waals surface area contributed by atoms with Gasteiger partial charge in [0.2, 0.25) is 5.91 Å². The van der Waals surface area contributed by atoms with Gasteiger partial charge in [0, 0.05) is 51.0 Å². The Morgan fingerprint density at radius 1 is 1.03 bits per heavy atom. The second-order valence-corrected chi connectivity index (χ2v) is 7.64. The van der Waals surface area contributed by atoms with E-state index < -0.39 is 0 Å². The van der Waals surface area contributed by atoms with Crippen LogP contribution in [0.3, 0.4) is 0 Å². The summed E-state index contributed by atoms with van der Waals surface area (Å²) < 4.78 is 0. The predicted molar refractivity (Wildman–Crippen MR) is 114 cm³/mol. The van der Waals surface area contributed by atoms with Crippen LogP contribution >= 0.6 is 11.3 Å². The fourth-order valence-corrected chi connectivity index (χ4v) is 4.14. The zero-order chi connectivity index (χ0) is 20.1. The number of para-hydroxylation sites is 1. The van der Waals surface area contributed by atoms with E-state index in [2.05, 4.69) is 25.5 Å². The van der Waals surface area contributed by atoms with Crippen molar-refractivity contribution in [2.75, 3.05) is 42.9 Å². The SMILES string of the molecule is O=C(NCCC(=O)N1CCN(c2nc3cccnc3s2)CC1)Nc1ccccc1. The van der Waals surface area contributed by atoms with Crippen LogP contribution in [-0.4, -0.2) is 59.5 Å². The molecule has 9 heteroatoms. The molecule has 2 N–H and O–H groups in total. The molecule has 3 aromatic rings.